The molecular formula is C20H24N4O4. The Balaban J connectivity index is 2.02. The van der Waals surface area contributed by atoms with Crippen LogP contribution in [-0.2, 0) is 4.79 Å². The third kappa shape index (κ3) is 5.06. The Kier molecular flexibility index (Phi) is 6.35. The molecule has 0 heterocycles. The second-order valence-corrected chi connectivity index (χ2v) is 6.87. The van der Waals surface area contributed by atoms with Crippen LogP contribution in [0.4, 0.5) is 21.9 Å². The summed E-state index contributed by atoms with van der Waals surface area (Å²) in [5.74, 6) is -0.331. The van der Waals surface area contributed by atoms with E-state index in [0.717, 1.165) is 22.4 Å². The summed E-state index contributed by atoms with van der Waals surface area (Å²) >= 11 is 0. The molecule has 0 aliphatic rings. The van der Waals surface area contributed by atoms with Gasteiger partial charge in [-0.2, -0.15) is 0 Å². The molecule has 2 aromatic rings. The number of hydrogen-bond acceptors (Lipinski definition) is 4. The van der Waals surface area contributed by atoms with E-state index in [1.807, 2.05) is 32.9 Å². The van der Waals surface area contributed by atoms with Crippen molar-refractivity contribution < 1.29 is 14.5 Å². The smallest absolute Gasteiger partial charge is 0.322 e. The summed E-state index contributed by atoms with van der Waals surface area (Å²) in [5.41, 5.74) is 4.45. The van der Waals surface area contributed by atoms with Crippen LogP contribution in [-0.4, -0.2) is 35.4 Å². The van der Waals surface area contributed by atoms with E-state index in [1.165, 1.54) is 18.0 Å². The number of carbonyl (C=O) groups excluding carboxylic acids is 2. The summed E-state index contributed by atoms with van der Waals surface area (Å²) in [6, 6.07) is 7.84. The van der Waals surface area contributed by atoms with Gasteiger partial charge in [0.1, 0.15) is 6.54 Å². The van der Waals surface area contributed by atoms with Crippen LogP contribution in [0.1, 0.15) is 22.3 Å². The fraction of sp³-hybridized carbons (Fsp3) is 0.300. The van der Waals surface area contributed by atoms with Crippen molar-refractivity contribution in [2.45, 2.75) is 27.7 Å². The van der Waals surface area contributed by atoms with Gasteiger partial charge in [-0.15, -0.1) is 0 Å². The predicted molar refractivity (Wildman–Crippen MR) is 109 cm³/mol. The van der Waals surface area contributed by atoms with E-state index in [0.29, 0.717) is 11.3 Å². The maximum Gasteiger partial charge on any atom is 0.322 e. The molecule has 2 N–H and O–H groups in total. The lowest BCUT2D eigenvalue weighted by atomic mass is 10.1. The van der Waals surface area contributed by atoms with Crippen molar-refractivity contribution >= 4 is 29.0 Å². The number of hydrogen-bond donors (Lipinski definition) is 2. The van der Waals surface area contributed by atoms with E-state index in [-0.39, 0.29) is 18.1 Å². The van der Waals surface area contributed by atoms with Crippen molar-refractivity contribution in [1.29, 1.82) is 0 Å². The van der Waals surface area contributed by atoms with Gasteiger partial charge >= 0.3 is 6.03 Å². The Morgan fingerprint density at radius 1 is 1.00 bits per heavy atom. The number of aryl methyl sites for hydroxylation is 4. The van der Waals surface area contributed by atoms with E-state index < -0.39 is 11.0 Å². The van der Waals surface area contributed by atoms with Crippen LogP contribution in [0.2, 0.25) is 0 Å². The number of urea groups is 1. The van der Waals surface area contributed by atoms with Crippen LogP contribution in [0.15, 0.2) is 30.3 Å². The zero-order valence-electron chi connectivity index (χ0n) is 16.6. The number of amides is 3. The molecule has 0 saturated heterocycles. The zero-order valence-corrected chi connectivity index (χ0v) is 16.6. The molecule has 148 valence electrons. The topological polar surface area (TPSA) is 105 Å². The third-order valence-corrected chi connectivity index (χ3v) is 4.33. The van der Waals surface area contributed by atoms with Gasteiger partial charge in [0.05, 0.1) is 4.92 Å². The normalized spacial score (nSPS) is 10.3. The molecule has 0 saturated carbocycles. The molecule has 0 unspecified atom stereocenters. The Morgan fingerprint density at radius 2 is 1.61 bits per heavy atom. The molecule has 8 nitrogen and oxygen atoms in total. The molecule has 2 aromatic carbocycles. The number of nitro groups is 1. The number of benzene rings is 2. The van der Waals surface area contributed by atoms with Gasteiger partial charge in [-0.05, 0) is 44.9 Å². The first-order valence-corrected chi connectivity index (χ1v) is 8.73. The lowest BCUT2D eigenvalue weighted by molar-refractivity contribution is -0.385. The lowest BCUT2D eigenvalue weighted by Crippen LogP contribution is -2.37. The van der Waals surface area contributed by atoms with Crippen LogP contribution in [0.25, 0.3) is 0 Å². The highest BCUT2D eigenvalue weighted by molar-refractivity contribution is 5.97. The second kappa shape index (κ2) is 8.51. The largest absolute Gasteiger partial charge is 0.324 e. The number of rotatable bonds is 5. The molecular weight excluding hydrogens is 360 g/mol. The summed E-state index contributed by atoms with van der Waals surface area (Å²) in [7, 11) is 1.48. The molecule has 0 spiro atoms. The van der Waals surface area contributed by atoms with Crippen molar-refractivity contribution in [3.63, 3.8) is 0 Å². The first-order chi connectivity index (χ1) is 13.1. The minimum absolute atomic E-state index is 0.0801. The quantitative estimate of drug-likeness (QED) is 0.602. The zero-order chi connectivity index (χ0) is 21.0. The summed E-state index contributed by atoms with van der Waals surface area (Å²) in [4.78, 5) is 36.4. The molecule has 0 radical (unpaired) electrons. The molecule has 0 bridgehead atoms. The lowest BCUT2D eigenvalue weighted by Gasteiger charge is -2.19. The summed E-state index contributed by atoms with van der Waals surface area (Å²) in [6.07, 6.45) is 0. The van der Waals surface area contributed by atoms with Crippen LogP contribution in [0, 0.1) is 37.8 Å². The second-order valence-electron chi connectivity index (χ2n) is 6.87. The average Bonchev–Trinajstić information content (AvgIpc) is 2.59. The first-order valence-electron chi connectivity index (χ1n) is 8.73. The number of nitrogens with zero attached hydrogens (tertiary/aromatic N) is 2. The summed E-state index contributed by atoms with van der Waals surface area (Å²) < 4.78 is 0. The van der Waals surface area contributed by atoms with Crippen LogP contribution >= 0.6 is 0 Å². The minimum atomic E-state index is -0.536. The molecule has 0 aliphatic heterocycles. The number of nitro benzene ring substituents is 1. The van der Waals surface area contributed by atoms with Gasteiger partial charge in [-0.1, -0.05) is 23.8 Å². The van der Waals surface area contributed by atoms with Gasteiger partial charge in [0.2, 0.25) is 5.91 Å². The summed E-state index contributed by atoms with van der Waals surface area (Å²) in [5, 5.41) is 16.4. The highest BCUT2D eigenvalue weighted by Crippen LogP contribution is 2.23. The number of anilines is 2. The predicted octanol–water partition coefficient (Wildman–Crippen LogP) is 3.93. The van der Waals surface area contributed by atoms with Crippen LogP contribution in [0.3, 0.4) is 0 Å². The SMILES string of the molecule is Cc1cc(C)c(NC(=O)CN(C)C(=O)Nc2ccc(C)c([N+](=O)[O-])c2)c(C)c1. The highest BCUT2D eigenvalue weighted by atomic mass is 16.6. The molecule has 3 amide bonds. The van der Waals surface area contributed by atoms with E-state index in [9.17, 15) is 19.7 Å². The van der Waals surface area contributed by atoms with Crippen LogP contribution < -0.4 is 10.6 Å². The minimum Gasteiger partial charge on any atom is -0.324 e. The molecule has 0 fully saturated rings. The number of carbonyl (C=O) groups is 2. The summed E-state index contributed by atoms with van der Waals surface area (Å²) in [6.45, 7) is 7.27. The van der Waals surface area contributed by atoms with Gasteiger partial charge in [0.15, 0.2) is 0 Å². The average molecular weight is 384 g/mol. The standard InChI is InChI=1S/C20H24N4O4/c1-12-8-14(3)19(15(4)9-12)22-18(25)11-23(5)20(26)21-16-7-6-13(2)17(10-16)24(27)28/h6-10H,11H2,1-5H3,(H,21,26)(H,22,25). The Labute approximate surface area is 163 Å². The number of nitrogens with one attached hydrogen (secondary N) is 2. The first kappa shape index (κ1) is 20.9. The molecule has 0 atom stereocenters. The Bertz CT molecular complexity index is 917. The van der Waals surface area contributed by atoms with Gasteiger partial charge in [0.25, 0.3) is 5.69 Å². The van der Waals surface area contributed by atoms with Gasteiger partial charge in [-0.3, -0.25) is 14.9 Å². The Morgan fingerprint density at radius 3 is 2.18 bits per heavy atom. The van der Waals surface area contributed by atoms with Gasteiger partial charge in [-0.25, -0.2) is 4.79 Å². The van der Waals surface area contributed by atoms with E-state index in [4.69, 9.17) is 0 Å². The van der Waals surface area contributed by atoms with Crippen molar-refractivity contribution in [3.05, 3.63) is 62.7 Å². The number of likely N-dealkylation sites (N-methyl/N-ethyl adjacent to an activating group) is 1. The maximum atomic E-state index is 12.3. The molecule has 0 aliphatic carbocycles. The van der Waals surface area contributed by atoms with E-state index in [1.54, 1.807) is 19.1 Å². The fourth-order valence-electron chi connectivity index (χ4n) is 2.95. The molecule has 2 rings (SSSR count). The van der Waals surface area contributed by atoms with Gasteiger partial charge < -0.3 is 15.5 Å². The monoisotopic (exact) mass is 384 g/mol. The Hall–Kier alpha value is -3.42. The molecule has 8 heteroatoms. The van der Waals surface area contributed by atoms with Crippen molar-refractivity contribution in [3.8, 4) is 0 Å². The third-order valence-electron chi connectivity index (χ3n) is 4.33. The van der Waals surface area contributed by atoms with Crippen molar-refractivity contribution in [2.75, 3.05) is 24.2 Å². The molecule has 28 heavy (non-hydrogen) atoms. The van der Waals surface area contributed by atoms with E-state index in [2.05, 4.69) is 10.6 Å². The van der Waals surface area contributed by atoms with Gasteiger partial charge in [0, 0.05) is 30.1 Å². The van der Waals surface area contributed by atoms with E-state index >= 15 is 0 Å². The molecule has 0 aromatic heterocycles. The van der Waals surface area contributed by atoms with Crippen molar-refractivity contribution in [2.24, 2.45) is 0 Å². The maximum absolute atomic E-state index is 12.3. The van der Waals surface area contributed by atoms with Crippen molar-refractivity contribution in [1.82, 2.24) is 4.90 Å². The highest BCUT2D eigenvalue weighted by Gasteiger charge is 2.17. The van der Waals surface area contributed by atoms with Crippen LogP contribution in [0.5, 0.6) is 0 Å². The fourth-order valence-corrected chi connectivity index (χ4v) is 2.95.